The van der Waals surface area contributed by atoms with Crippen LogP contribution in [0, 0.1) is 0 Å². The van der Waals surface area contributed by atoms with Crippen LogP contribution in [0.2, 0.25) is 0 Å². The van der Waals surface area contributed by atoms with Crippen molar-refractivity contribution in [2.75, 3.05) is 7.11 Å². The highest BCUT2D eigenvalue weighted by Crippen LogP contribution is 2.40. The molecule has 0 aliphatic carbocycles. The van der Waals surface area contributed by atoms with Gasteiger partial charge < -0.3 is 14.0 Å². The summed E-state index contributed by atoms with van der Waals surface area (Å²) in [5, 5.41) is 2.08. The first-order chi connectivity index (χ1) is 7.47. The Balaban J connectivity index is 2.17. The molecule has 0 radical (unpaired) electrons. The maximum atomic E-state index is 5.85. The molecule has 1 unspecified atom stereocenters. The van der Waals surface area contributed by atoms with E-state index in [2.05, 4.69) is 24.4 Å². The highest BCUT2D eigenvalue weighted by atomic mass is 32.1. The van der Waals surface area contributed by atoms with Gasteiger partial charge in [-0.15, -0.1) is 11.3 Å². The third-order valence-electron chi connectivity index (χ3n) is 3.30. The van der Waals surface area contributed by atoms with Gasteiger partial charge in [0.1, 0.15) is 0 Å². The summed E-state index contributed by atoms with van der Waals surface area (Å²) in [5.74, 6) is 0. The van der Waals surface area contributed by atoms with E-state index in [1.54, 1.807) is 18.4 Å². The minimum Gasteiger partial charge on any atom is -0.389 e. The summed E-state index contributed by atoms with van der Waals surface area (Å²) in [6, 6.07) is 4.18. The molecule has 1 atom stereocenters. The van der Waals surface area contributed by atoms with E-state index in [9.17, 15) is 0 Å². The Hall–Kier alpha value is -0.355. The molecule has 5 heteroatoms. The van der Waals surface area contributed by atoms with E-state index in [-0.39, 0.29) is 11.2 Å². The molecule has 1 fully saturated rings. The molecule has 2 heterocycles. The lowest BCUT2D eigenvalue weighted by Crippen LogP contribution is -2.46. The molecule has 1 aliphatic heterocycles. The zero-order valence-electron chi connectivity index (χ0n) is 10.1. The van der Waals surface area contributed by atoms with E-state index in [0.717, 1.165) is 6.42 Å². The lowest BCUT2D eigenvalue weighted by atomic mass is 9.84. The summed E-state index contributed by atoms with van der Waals surface area (Å²) in [7, 11) is 1.04. The Morgan fingerprint density at radius 1 is 1.38 bits per heavy atom. The topological polar surface area (TPSA) is 27.7 Å². The third-order valence-corrected chi connectivity index (χ3v) is 4.18. The highest BCUT2D eigenvalue weighted by molar-refractivity contribution is 7.09. The Kier molecular flexibility index (Phi) is 3.14. The predicted molar refractivity (Wildman–Crippen MR) is 65.4 cm³/mol. The zero-order valence-corrected chi connectivity index (χ0v) is 11.0. The molecule has 1 aromatic rings. The van der Waals surface area contributed by atoms with E-state index in [4.69, 9.17) is 14.0 Å². The lowest BCUT2D eigenvalue weighted by molar-refractivity contribution is -0.00823. The molecule has 0 amide bonds. The Morgan fingerprint density at radius 2 is 2.12 bits per heavy atom. The van der Waals surface area contributed by atoms with E-state index >= 15 is 0 Å². The minimum atomic E-state index is -0.556. The Morgan fingerprint density at radius 3 is 2.62 bits per heavy atom. The van der Waals surface area contributed by atoms with Gasteiger partial charge in [-0.3, -0.25) is 0 Å². The first-order valence-corrected chi connectivity index (χ1v) is 6.26. The summed E-state index contributed by atoms with van der Waals surface area (Å²) < 4.78 is 16.7. The van der Waals surface area contributed by atoms with Crippen LogP contribution >= 0.6 is 11.3 Å². The molecule has 1 saturated heterocycles. The van der Waals surface area contributed by atoms with Gasteiger partial charge in [-0.1, -0.05) is 6.07 Å². The molecular weight excluding hydrogens is 223 g/mol. The van der Waals surface area contributed by atoms with Gasteiger partial charge in [0, 0.05) is 18.4 Å². The van der Waals surface area contributed by atoms with Gasteiger partial charge in [-0.2, -0.15) is 0 Å². The van der Waals surface area contributed by atoms with Gasteiger partial charge in [0.2, 0.25) is 0 Å². The van der Waals surface area contributed by atoms with Crippen molar-refractivity contribution in [1.82, 2.24) is 0 Å². The van der Waals surface area contributed by atoms with E-state index in [1.165, 1.54) is 4.88 Å². The van der Waals surface area contributed by atoms with Crippen molar-refractivity contribution < 1.29 is 14.0 Å². The number of hydrogen-bond donors (Lipinski definition) is 0. The number of rotatable bonds is 3. The van der Waals surface area contributed by atoms with E-state index < -0.39 is 7.32 Å². The smallest absolute Gasteiger partial charge is 0.389 e. The van der Waals surface area contributed by atoms with Gasteiger partial charge in [0.05, 0.1) is 11.2 Å². The average Bonchev–Trinajstić information content (AvgIpc) is 2.75. The van der Waals surface area contributed by atoms with Crippen molar-refractivity contribution in [3.05, 3.63) is 22.4 Å². The molecule has 0 saturated carbocycles. The van der Waals surface area contributed by atoms with Crippen LogP contribution < -0.4 is 0 Å². The first kappa shape index (κ1) is 12.1. The number of thiophene rings is 1. The molecule has 88 valence electrons. The van der Waals surface area contributed by atoms with Gasteiger partial charge in [0.25, 0.3) is 0 Å². The summed E-state index contributed by atoms with van der Waals surface area (Å²) in [4.78, 5) is 1.30. The van der Waals surface area contributed by atoms with Crippen molar-refractivity contribution in [2.24, 2.45) is 0 Å². The second-order valence-corrected chi connectivity index (χ2v) is 5.79. The predicted octanol–water partition coefficient (Wildman–Crippen LogP) is 2.51. The van der Waals surface area contributed by atoms with Gasteiger partial charge in [0.15, 0.2) is 0 Å². The molecule has 2 rings (SSSR count). The quantitative estimate of drug-likeness (QED) is 0.760. The van der Waals surface area contributed by atoms with Crippen LogP contribution in [-0.4, -0.2) is 25.6 Å². The summed E-state index contributed by atoms with van der Waals surface area (Å²) >= 11 is 1.74. The molecule has 3 nitrogen and oxygen atoms in total. The van der Waals surface area contributed by atoms with Crippen molar-refractivity contribution >= 4 is 18.7 Å². The SMILES string of the molecule is COB1OC(C)(C)C(C)(Cc2cccs2)O1. The fourth-order valence-corrected chi connectivity index (χ4v) is 2.69. The van der Waals surface area contributed by atoms with Crippen LogP contribution in [0.4, 0.5) is 0 Å². The third kappa shape index (κ3) is 2.05. The van der Waals surface area contributed by atoms with Crippen LogP contribution in [0.15, 0.2) is 17.5 Å². The van der Waals surface area contributed by atoms with Gasteiger partial charge in [-0.05, 0) is 32.2 Å². The fourth-order valence-electron chi connectivity index (χ4n) is 1.84. The van der Waals surface area contributed by atoms with Crippen LogP contribution in [0.5, 0.6) is 0 Å². The minimum absolute atomic E-state index is 0.349. The molecule has 1 aliphatic rings. The van der Waals surface area contributed by atoms with Crippen LogP contribution in [0.3, 0.4) is 0 Å². The summed E-state index contributed by atoms with van der Waals surface area (Å²) in [5.41, 5.74) is -0.698. The fraction of sp³-hybridized carbons (Fsp3) is 0.636. The molecule has 0 spiro atoms. The normalized spacial score (nSPS) is 28.6. The summed E-state index contributed by atoms with van der Waals surface area (Å²) in [6.07, 6.45) is 0.845. The zero-order chi connectivity index (χ0) is 11.8. The summed E-state index contributed by atoms with van der Waals surface area (Å²) in [6.45, 7) is 6.16. The van der Waals surface area contributed by atoms with Crippen molar-refractivity contribution in [3.8, 4) is 0 Å². The van der Waals surface area contributed by atoms with Crippen LogP contribution in [0.1, 0.15) is 25.6 Å². The molecular formula is C11H17BO3S. The van der Waals surface area contributed by atoms with Gasteiger partial charge in [-0.25, -0.2) is 0 Å². The average molecular weight is 240 g/mol. The monoisotopic (exact) mass is 240 g/mol. The number of hydrogen-bond acceptors (Lipinski definition) is 4. The first-order valence-electron chi connectivity index (χ1n) is 5.38. The Bertz CT molecular complexity index is 352. The maximum absolute atomic E-state index is 5.85. The van der Waals surface area contributed by atoms with E-state index in [1.807, 2.05) is 13.8 Å². The molecule has 1 aromatic heterocycles. The second kappa shape index (κ2) is 4.15. The molecule has 0 N–H and O–H groups in total. The second-order valence-electron chi connectivity index (χ2n) is 4.76. The molecule has 0 bridgehead atoms. The van der Waals surface area contributed by atoms with E-state index in [0.29, 0.717) is 0 Å². The van der Waals surface area contributed by atoms with Crippen molar-refractivity contribution in [3.63, 3.8) is 0 Å². The van der Waals surface area contributed by atoms with Crippen molar-refractivity contribution in [2.45, 2.75) is 38.4 Å². The van der Waals surface area contributed by atoms with Crippen LogP contribution in [0.25, 0.3) is 0 Å². The lowest BCUT2D eigenvalue weighted by Gasteiger charge is -2.35. The molecule has 16 heavy (non-hydrogen) atoms. The standard InChI is InChI=1S/C11H17BO3S/c1-10(2)11(3,15-12(13-4)14-10)8-9-6-5-7-16-9/h5-7H,8H2,1-4H3. The maximum Gasteiger partial charge on any atom is 0.640 e. The molecule has 0 aromatic carbocycles. The van der Waals surface area contributed by atoms with Gasteiger partial charge >= 0.3 is 7.32 Å². The Labute approximate surface area is 101 Å². The van der Waals surface area contributed by atoms with Crippen LogP contribution in [-0.2, 0) is 20.4 Å². The largest absolute Gasteiger partial charge is 0.640 e. The van der Waals surface area contributed by atoms with Crippen molar-refractivity contribution in [1.29, 1.82) is 0 Å². The highest BCUT2D eigenvalue weighted by Gasteiger charge is 2.55.